The number of aliphatic hydroxyl groups is 1. The van der Waals surface area contributed by atoms with Crippen molar-refractivity contribution >= 4 is 33.3 Å². The summed E-state index contributed by atoms with van der Waals surface area (Å²) >= 11 is 3.20. The van der Waals surface area contributed by atoms with Gasteiger partial charge in [-0.05, 0) is 40.5 Å². The topological polar surface area (TPSA) is 84.3 Å². The van der Waals surface area contributed by atoms with Crippen molar-refractivity contribution in [1.29, 1.82) is 0 Å². The number of hydrogen-bond acceptors (Lipinski definition) is 6. The van der Waals surface area contributed by atoms with Crippen LogP contribution in [0.25, 0.3) is 5.76 Å². The van der Waals surface area contributed by atoms with Gasteiger partial charge in [-0.15, -0.1) is 0 Å². The number of rotatable bonds is 6. The van der Waals surface area contributed by atoms with Crippen LogP contribution in [0.3, 0.4) is 0 Å². The van der Waals surface area contributed by atoms with E-state index in [1.165, 1.54) is 13.1 Å². The van der Waals surface area contributed by atoms with E-state index in [-0.39, 0.29) is 17.2 Å². The Morgan fingerprint density at radius 2 is 2.09 bits per heavy atom. The van der Waals surface area contributed by atoms with E-state index in [0.717, 1.165) is 17.4 Å². The number of carbonyl (C=O) groups is 1. The van der Waals surface area contributed by atoms with E-state index < -0.39 is 0 Å². The van der Waals surface area contributed by atoms with E-state index in [2.05, 4.69) is 31.2 Å². The molecule has 0 aliphatic heterocycles. The summed E-state index contributed by atoms with van der Waals surface area (Å²) in [6.07, 6.45) is 2.62. The molecule has 0 spiro atoms. The fourth-order valence-electron chi connectivity index (χ4n) is 1.87. The molecular formula is C16H16BrN3O3. The highest BCUT2D eigenvalue weighted by atomic mass is 79.9. The maximum absolute atomic E-state index is 11.1. The number of hydrogen-bond donors (Lipinski definition) is 2. The van der Waals surface area contributed by atoms with Crippen molar-refractivity contribution in [3.05, 3.63) is 52.4 Å². The van der Waals surface area contributed by atoms with Gasteiger partial charge in [-0.1, -0.05) is 12.1 Å². The van der Waals surface area contributed by atoms with E-state index in [9.17, 15) is 9.90 Å². The van der Waals surface area contributed by atoms with Gasteiger partial charge >= 0.3 is 0 Å². The number of allylic oxidation sites excluding steroid dienone is 1. The lowest BCUT2D eigenvalue weighted by molar-refractivity contribution is -0.112. The number of aliphatic hydroxyl groups excluding tert-OH is 1. The Morgan fingerprint density at radius 1 is 1.39 bits per heavy atom. The summed E-state index contributed by atoms with van der Waals surface area (Å²) < 4.78 is 5.58. The standard InChI is InChI=1S/C16H16BrN3O3/c1-10(21)7-13(22)15-16(19-9-14(17)20-15)18-8-11-3-5-12(23-2)6-4-11/h3-7,9,22H,8H2,1-2H3,(H,18,19)/b13-7-. The quantitative estimate of drug-likeness (QED) is 0.593. The number of ether oxygens (including phenoxy) is 1. The molecule has 23 heavy (non-hydrogen) atoms. The zero-order valence-corrected chi connectivity index (χ0v) is 14.3. The van der Waals surface area contributed by atoms with Gasteiger partial charge in [0.2, 0.25) is 0 Å². The van der Waals surface area contributed by atoms with Crippen LogP contribution in [-0.4, -0.2) is 28.0 Å². The number of nitrogens with zero attached hydrogens (tertiary/aromatic N) is 2. The van der Waals surface area contributed by atoms with E-state index in [1.807, 2.05) is 24.3 Å². The van der Waals surface area contributed by atoms with Crippen LogP contribution < -0.4 is 10.1 Å². The number of methoxy groups -OCH3 is 1. The molecule has 0 aliphatic carbocycles. The number of nitrogens with one attached hydrogen (secondary N) is 1. The van der Waals surface area contributed by atoms with Crippen LogP contribution in [0, 0.1) is 0 Å². The normalized spacial score (nSPS) is 11.2. The zero-order valence-electron chi connectivity index (χ0n) is 12.7. The molecule has 2 aromatic rings. The van der Waals surface area contributed by atoms with Gasteiger partial charge in [0.25, 0.3) is 0 Å². The molecule has 1 aromatic carbocycles. The minimum Gasteiger partial charge on any atom is -0.505 e. The molecule has 0 unspecified atom stereocenters. The molecule has 0 atom stereocenters. The first kappa shape index (κ1) is 17.0. The molecule has 7 heteroatoms. The number of anilines is 1. The summed E-state index contributed by atoms with van der Waals surface area (Å²) in [4.78, 5) is 19.5. The van der Waals surface area contributed by atoms with Crippen molar-refractivity contribution in [2.75, 3.05) is 12.4 Å². The lowest BCUT2D eigenvalue weighted by Gasteiger charge is -2.10. The van der Waals surface area contributed by atoms with Gasteiger partial charge in [0, 0.05) is 12.6 Å². The summed E-state index contributed by atoms with van der Waals surface area (Å²) in [7, 11) is 1.61. The van der Waals surface area contributed by atoms with Gasteiger partial charge in [0.05, 0.1) is 13.3 Å². The number of halogens is 1. The third-order valence-electron chi connectivity index (χ3n) is 2.94. The van der Waals surface area contributed by atoms with E-state index in [4.69, 9.17) is 4.74 Å². The van der Waals surface area contributed by atoms with Crippen LogP contribution in [0.4, 0.5) is 5.82 Å². The summed E-state index contributed by atoms with van der Waals surface area (Å²) in [6.45, 7) is 1.84. The first-order chi connectivity index (χ1) is 11.0. The minimum absolute atomic E-state index is 0.211. The largest absolute Gasteiger partial charge is 0.505 e. The highest BCUT2D eigenvalue weighted by Gasteiger charge is 2.12. The average molecular weight is 378 g/mol. The second kappa shape index (κ2) is 7.73. The molecule has 0 amide bonds. The second-order valence-corrected chi connectivity index (χ2v) is 5.54. The van der Waals surface area contributed by atoms with Crippen molar-refractivity contribution in [2.45, 2.75) is 13.5 Å². The molecule has 0 radical (unpaired) electrons. The molecular weight excluding hydrogens is 362 g/mol. The highest BCUT2D eigenvalue weighted by Crippen LogP contribution is 2.21. The van der Waals surface area contributed by atoms with Crippen molar-refractivity contribution in [3.8, 4) is 5.75 Å². The van der Waals surface area contributed by atoms with Crippen LogP contribution in [0.15, 0.2) is 41.1 Å². The van der Waals surface area contributed by atoms with Crippen molar-refractivity contribution < 1.29 is 14.6 Å². The molecule has 6 nitrogen and oxygen atoms in total. The summed E-state index contributed by atoms with van der Waals surface area (Å²) in [5, 5.41) is 13.1. The van der Waals surface area contributed by atoms with Gasteiger partial charge in [-0.3, -0.25) is 4.79 Å². The van der Waals surface area contributed by atoms with Crippen LogP contribution >= 0.6 is 15.9 Å². The van der Waals surface area contributed by atoms with Gasteiger partial charge in [0.15, 0.2) is 11.6 Å². The van der Waals surface area contributed by atoms with Crippen LogP contribution in [0.2, 0.25) is 0 Å². The SMILES string of the molecule is COc1ccc(CNc2ncc(Br)nc2/C(O)=C/C(C)=O)cc1. The maximum atomic E-state index is 11.1. The highest BCUT2D eigenvalue weighted by molar-refractivity contribution is 9.10. The Balaban J connectivity index is 2.20. The third-order valence-corrected chi connectivity index (χ3v) is 3.33. The minimum atomic E-state index is -0.273. The van der Waals surface area contributed by atoms with Gasteiger partial charge < -0.3 is 15.2 Å². The summed E-state index contributed by atoms with van der Waals surface area (Å²) in [6, 6.07) is 7.56. The van der Waals surface area contributed by atoms with E-state index in [1.54, 1.807) is 7.11 Å². The molecule has 2 rings (SSSR count). The van der Waals surface area contributed by atoms with Crippen LogP contribution in [-0.2, 0) is 11.3 Å². The van der Waals surface area contributed by atoms with Crippen molar-refractivity contribution in [3.63, 3.8) is 0 Å². The molecule has 0 fully saturated rings. The van der Waals surface area contributed by atoms with E-state index in [0.29, 0.717) is 17.0 Å². The Morgan fingerprint density at radius 3 is 2.70 bits per heavy atom. The van der Waals surface area contributed by atoms with Crippen molar-refractivity contribution in [1.82, 2.24) is 9.97 Å². The molecule has 0 bridgehead atoms. The first-order valence-corrected chi connectivity index (χ1v) is 7.60. The van der Waals surface area contributed by atoms with Crippen molar-refractivity contribution in [2.24, 2.45) is 0 Å². The lowest BCUT2D eigenvalue weighted by atomic mass is 10.2. The number of ketones is 1. The van der Waals surface area contributed by atoms with Crippen LogP contribution in [0.5, 0.6) is 5.75 Å². The smallest absolute Gasteiger partial charge is 0.156 e. The number of benzene rings is 1. The third kappa shape index (κ3) is 4.79. The van der Waals surface area contributed by atoms with Gasteiger partial charge in [-0.2, -0.15) is 0 Å². The Kier molecular flexibility index (Phi) is 5.70. The Labute approximate surface area is 142 Å². The van der Waals surface area contributed by atoms with Gasteiger partial charge in [0.1, 0.15) is 21.8 Å². The lowest BCUT2D eigenvalue weighted by Crippen LogP contribution is -2.07. The number of aromatic nitrogens is 2. The molecule has 0 saturated carbocycles. The Bertz CT molecular complexity index is 730. The summed E-state index contributed by atoms with van der Waals surface area (Å²) in [5.41, 5.74) is 1.22. The van der Waals surface area contributed by atoms with E-state index >= 15 is 0 Å². The Hall–Kier alpha value is -2.41. The predicted molar refractivity (Wildman–Crippen MR) is 91.3 cm³/mol. The average Bonchev–Trinajstić information content (AvgIpc) is 2.53. The summed E-state index contributed by atoms with van der Waals surface area (Å²) in [5.74, 6) is 0.660. The maximum Gasteiger partial charge on any atom is 0.156 e. The van der Waals surface area contributed by atoms with Gasteiger partial charge in [-0.25, -0.2) is 9.97 Å². The molecule has 120 valence electrons. The molecule has 2 N–H and O–H groups in total. The molecule has 0 saturated heterocycles. The molecule has 1 aromatic heterocycles. The fraction of sp³-hybridized carbons (Fsp3) is 0.188. The number of carbonyl (C=O) groups excluding carboxylic acids is 1. The predicted octanol–water partition coefficient (Wildman–Crippen LogP) is 3.35. The fourth-order valence-corrected chi connectivity index (χ4v) is 2.15. The monoisotopic (exact) mass is 377 g/mol. The molecule has 0 aliphatic rings. The molecule has 1 heterocycles. The second-order valence-electron chi connectivity index (χ2n) is 4.73. The first-order valence-electron chi connectivity index (χ1n) is 6.80. The zero-order chi connectivity index (χ0) is 16.8. The van der Waals surface area contributed by atoms with Crippen LogP contribution in [0.1, 0.15) is 18.2 Å².